The van der Waals surface area contributed by atoms with Crippen molar-refractivity contribution in [3.8, 4) is 5.75 Å². The highest BCUT2D eigenvalue weighted by molar-refractivity contribution is 5.89. The summed E-state index contributed by atoms with van der Waals surface area (Å²) in [4.78, 5) is 14.7. The smallest absolute Gasteiger partial charge is 0.322 e. The van der Waals surface area contributed by atoms with Gasteiger partial charge < -0.3 is 19.7 Å². The van der Waals surface area contributed by atoms with Gasteiger partial charge in [0, 0.05) is 30.3 Å². The van der Waals surface area contributed by atoms with Crippen LogP contribution in [0, 0.1) is 5.41 Å². The maximum atomic E-state index is 12.8. The third kappa shape index (κ3) is 3.83. The lowest BCUT2D eigenvalue weighted by Gasteiger charge is -2.55. The number of methoxy groups -OCH3 is 1. The number of ether oxygens (including phenoxy) is 2. The molecule has 1 aliphatic rings. The molecule has 2 amide bonds. The quantitative estimate of drug-likeness (QED) is 0.815. The molecule has 0 spiro atoms. The molecule has 5 nitrogen and oxygen atoms in total. The van der Waals surface area contributed by atoms with Crippen LogP contribution in [0.1, 0.15) is 40.5 Å². The van der Waals surface area contributed by atoms with E-state index in [1.807, 2.05) is 36.1 Å². The predicted molar refractivity (Wildman–Crippen MR) is 96.6 cm³/mol. The minimum Gasteiger partial charge on any atom is -0.497 e. The van der Waals surface area contributed by atoms with Crippen molar-refractivity contribution in [3.05, 3.63) is 24.3 Å². The second-order valence-electron chi connectivity index (χ2n) is 6.87. The summed E-state index contributed by atoms with van der Waals surface area (Å²) in [5, 5.41) is 3.00. The van der Waals surface area contributed by atoms with Gasteiger partial charge in [-0.05, 0) is 44.0 Å². The van der Waals surface area contributed by atoms with E-state index in [4.69, 9.17) is 9.47 Å². The molecule has 1 aliphatic carbocycles. The Morgan fingerprint density at radius 3 is 2.46 bits per heavy atom. The summed E-state index contributed by atoms with van der Waals surface area (Å²) in [7, 11) is 1.63. The van der Waals surface area contributed by atoms with Gasteiger partial charge in [0.05, 0.1) is 13.2 Å². The van der Waals surface area contributed by atoms with Crippen LogP contribution in [0.4, 0.5) is 10.5 Å². The molecule has 0 radical (unpaired) electrons. The van der Waals surface area contributed by atoms with Crippen LogP contribution < -0.4 is 10.1 Å². The standard InChI is InChI=1S/C19H30N2O3/c1-6-12-21(16-13-17(24-7-2)19(16,3)4)18(22)20-14-8-10-15(23-5)11-9-14/h8-11,16-17H,6-7,12-13H2,1-5H3,(H,20,22)/t16-,17+/m0/s1. The number of urea groups is 1. The van der Waals surface area contributed by atoms with E-state index in [1.165, 1.54) is 0 Å². The van der Waals surface area contributed by atoms with Gasteiger partial charge in [-0.3, -0.25) is 0 Å². The summed E-state index contributed by atoms with van der Waals surface area (Å²) in [5.41, 5.74) is 0.753. The van der Waals surface area contributed by atoms with Gasteiger partial charge >= 0.3 is 6.03 Å². The lowest BCUT2D eigenvalue weighted by atomic mass is 9.63. The van der Waals surface area contributed by atoms with Gasteiger partial charge in [-0.2, -0.15) is 0 Å². The summed E-state index contributed by atoms with van der Waals surface area (Å²) in [6, 6.07) is 7.56. The Labute approximate surface area is 145 Å². The van der Waals surface area contributed by atoms with Crippen LogP contribution in [0.5, 0.6) is 5.75 Å². The third-order valence-corrected chi connectivity index (χ3v) is 4.94. The first-order chi connectivity index (χ1) is 11.4. The van der Waals surface area contributed by atoms with Gasteiger partial charge in [0.1, 0.15) is 5.75 Å². The number of carbonyl (C=O) groups excluding carboxylic acids is 1. The molecule has 2 rings (SSSR count). The maximum absolute atomic E-state index is 12.8. The average molecular weight is 334 g/mol. The van der Waals surface area contributed by atoms with Crippen LogP contribution in [0.15, 0.2) is 24.3 Å². The zero-order valence-corrected chi connectivity index (χ0v) is 15.5. The second-order valence-corrected chi connectivity index (χ2v) is 6.87. The van der Waals surface area contributed by atoms with Crippen molar-refractivity contribution in [3.63, 3.8) is 0 Å². The summed E-state index contributed by atoms with van der Waals surface area (Å²) >= 11 is 0. The van der Waals surface area contributed by atoms with E-state index in [2.05, 4.69) is 26.1 Å². The van der Waals surface area contributed by atoms with E-state index in [0.29, 0.717) is 6.61 Å². The average Bonchev–Trinajstić information content (AvgIpc) is 2.57. The fourth-order valence-electron chi connectivity index (χ4n) is 3.39. The molecule has 5 heteroatoms. The lowest BCUT2D eigenvalue weighted by molar-refractivity contribution is -0.138. The molecule has 0 unspecified atom stereocenters. The van der Waals surface area contributed by atoms with Crippen molar-refractivity contribution in [1.82, 2.24) is 4.90 Å². The largest absolute Gasteiger partial charge is 0.497 e. The van der Waals surface area contributed by atoms with Crippen LogP contribution in [-0.4, -0.2) is 43.3 Å². The molecule has 1 fully saturated rings. The third-order valence-electron chi connectivity index (χ3n) is 4.94. The van der Waals surface area contributed by atoms with Crippen molar-refractivity contribution in [2.45, 2.75) is 52.7 Å². The highest BCUT2D eigenvalue weighted by Gasteiger charge is 2.52. The number of nitrogens with zero attached hydrogens (tertiary/aromatic N) is 1. The minimum atomic E-state index is -0.0463. The van der Waals surface area contributed by atoms with Gasteiger partial charge in [-0.1, -0.05) is 20.8 Å². The number of amides is 2. The molecule has 0 saturated heterocycles. The normalized spacial score (nSPS) is 21.7. The zero-order valence-electron chi connectivity index (χ0n) is 15.5. The van der Waals surface area contributed by atoms with Crippen LogP contribution in [-0.2, 0) is 4.74 Å². The van der Waals surface area contributed by atoms with Crippen molar-refractivity contribution in [1.29, 1.82) is 0 Å². The maximum Gasteiger partial charge on any atom is 0.322 e. The fourth-order valence-corrected chi connectivity index (χ4v) is 3.39. The Kier molecular flexibility index (Phi) is 6.10. The number of rotatable bonds is 7. The highest BCUT2D eigenvalue weighted by atomic mass is 16.5. The van der Waals surface area contributed by atoms with Gasteiger partial charge in [-0.25, -0.2) is 4.79 Å². The van der Waals surface area contributed by atoms with Crippen LogP contribution in [0.25, 0.3) is 0 Å². The molecule has 1 saturated carbocycles. The van der Waals surface area contributed by atoms with E-state index < -0.39 is 0 Å². The SMILES string of the molecule is CCCN(C(=O)Nc1ccc(OC)cc1)[C@H]1C[C@@H](OCC)C1(C)C. The van der Waals surface area contributed by atoms with E-state index in [1.54, 1.807) is 7.11 Å². The first-order valence-corrected chi connectivity index (χ1v) is 8.77. The number of benzene rings is 1. The fraction of sp³-hybridized carbons (Fsp3) is 0.632. The molecule has 0 heterocycles. The Bertz CT molecular complexity index is 542. The molecule has 0 aromatic heterocycles. The lowest BCUT2D eigenvalue weighted by Crippen LogP contribution is -2.64. The Morgan fingerprint density at radius 2 is 1.96 bits per heavy atom. The zero-order chi connectivity index (χ0) is 17.7. The van der Waals surface area contributed by atoms with Crippen LogP contribution >= 0.6 is 0 Å². The number of anilines is 1. The summed E-state index contributed by atoms with van der Waals surface area (Å²) < 4.78 is 11.0. The van der Waals surface area contributed by atoms with Gasteiger partial charge in [-0.15, -0.1) is 0 Å². The number of hydrogen-bond donors (Lipinski definition) is 1. The molecule has 1 aromatic rings. The molecular weight excluding hydrogens is 304 g/mol. The Hall–Kier alpha value is -1.75. The van der Waals surface area contributed by atoms with E-state index in [-0.39, 0.29) is 23.6 Å². The number of hydrogen-bond acceptors (Lipinski definition) is 3. The van der Waals surface area contributed by atoms with E-state index in [0.717, 1.165) is 30.8 Å². The second kappa shape index (κ2) is 7.88. The molecule has 134 valence electrons. The monoisotopic (exact) mass is 334 g/mol. The number of nitrogens with one attached hydrogen (secondary N) is 1. The van der Waals surface area contributed by atoms with Crippen molar-refractivity contribution < 1.29 is 14.3 Å². The first-order valence-electron chi connectivity index (χ1n) is 8.77. The molecule has 2 atom stereocenters. The minimum absolute atomic E-state index is 0.0254. The van der Waals surface area contributed by atoms with Gasteiger partial charge in [0.25, 0.3) is 0 Å². The Balaban J connectivity index is 2.05. The topological polar surface area (TPSA) is 50.8 Å². The predicted octanol–water partition coefficient (Wildman–Crippen LogP) is 4.14. The molecule has 1 N–H and O–H groups in total. The van der Waals surface area contributed by atoms with Crippen LogP contribution in [0.2, 0.25) is 0 Å². The molecule has 24 heavy (non-hydrogen) atoms. The van der Waals surface area contributed by atoms with Gasteiger partial charge in [0.2, 0.25) is 0 Å². The highest BCUT2D eigenvalue weighted by Crippen LogP contribution is 2.46. The van der Waals surface area contributed by atoms with E-state index in [9.17, 15) is 4.79 Å². The Morgan fingerprint density at radius 1 is 1.29 bits per heavy atom. The first kappa shape index (κ1) is 18.6. The number of carbonyl (C=O) groups is 1. The summed E-state index contributed by atoms with van der Waals surface area (Å²) in [6.07, 6.45) is 2.05. The van der Waals surface area contributed by atoms with E-state index >= 15 is 0 Å². The molecule has 0 bridgehead atoms. The molecule has 1 aromatic carbocycles. The molecule has 0 aliphatic heterocycles. The van der Waals surface area contributed by atoms with Crippen molar-refractivity contribution in [2.75, 3.05) is 25.6 Å². The van der Waals surface area contributed by atoms with Crippen molar-refractivity contribution in [2.24, 2.45) is 5.41 Å². The summed E-state index contributed by atoms with van der Waals surface area (Å²) in [5.74, 6) is 0.776. The van der Waals surface area contributed by atoms with Crippen molar-refractivity contribution >= 4 is 11.7 Å². The molecular formula is C19H30N2O3. The van der Waals surface area contributed by atoms with Gasteiger partial charge in [0.15, 0.2) is 0 Å². The summed E-state index contributed by atoms with van der Waals surface area (Å²) in [6.45, 7) is 9.94. The van der Waals surface area contributed by atoms with Crippen LogP contribution in [0.3, 0.4) is 0 Å².